The highest BCUT2D eigenvalue weighted by atomic mass is 19.1. The van der Waals surface area contributed by atoms with Crippen LogP contribution >= 0.6 is 0 Å². The number of benzene rings is 1. The molecule has 0 N–H and O–H groups in total. The third-order valence-electron chi connectivity index (χ3n) is 3.93. The van der Waals surface area contributed by atoms with E-state index in [1.165, 1.54) is 31.4 Å². The van der Waals surface area contributed by atoms with Gasteiger partial charge in [-0.2, -0.15) is 0 Å². The first-order chi connectivity index (χ1) is 12.0. The van der Waals surface area contributed by atoms with Crippen LogP contribution in [0.4, 0.5) is 4.39 Å². The van der Waals surface area contributed by atoms with Crippen LogP contribution in [0.1, 0.15) is 12.8 Å². The molecular weight excluding hydrogens is 331 g/mol. The third kappa shape index (κ3) is 5.74. The lowest BCUT2D eigenvalue weighted by molar-refractivity contribution is -0.145. The number of halogens is 1. The fraction of sp³-hybridized carbons (Fsp3) is 0.471. The molecule has 1 aliphatic heterocycles. The highest BCUT2D eigenvalue weighted by Gasteiger charge is 2.24. The smallest absolute Gasteiger partial charge is 0.306 e. The van der Waals surface area contributed by atoms with Crippen molar-refractivity contribution in [3.05, 3.63) is 30.1 Å². The number of piperazine rings is 1. The molecule has 1 aromatic rings. The number of ether oxygens (including phenoxy) is 2. The molecule has 2 amide bonds. The number of methoxy groups -OCH3 is 1. The third-order valence-corrected chi connectivity index (χ3v) is 3.93. The van der Waals surface area contributed by atoms with E-state index in [0.717, 1.165) is 0 Å². The van der Waals surface area contributed by atoms with Gasteiger partial charge in [0.15, 0.2) is 6.61 Å². The summed E-state index contributed by atoms with van der Waals surface area (Å²) < 4.78 is 22.7. The van der Waals surface area contributed by atoms with Gasteiger partial charge >= 0.3 is 5.97 Å². The van der Waals surface area contributed by atoms with Gasteiger partial charge in [0.1, 0.15) is 11.6 Å². The second kappa shape index (κ2) is 9.00. The number of rotatable bonds is 6. The minimum Gasteiger partial charge on any atom is -0.484 e. The average Bonchev–Trinajstić information content (AvgIpc) is 2.65. The van der Waals surface area contributed by atoms with Crippen molar-refractivity contribution in [1.29, 1.82) is 0 Å². The standard InChI is InChI=1S/C17H21FN2O5/c1-24-17(23)7-6-15(21)19-8-10-20(11-9-19)16(22)12-25-14-4-2-13(18)3-5-14/h2-5H,6-12H2,1H3. The van der Waals surface area contributed by atoms with Crippen LogP contribution in [-0.4, -0.2) is 67.5 Å². The van der Waals surface area contributed by atoms with Crippen LogP contribution in [0.25, 0.3) is 0 Å². The zero-order chi connectivity index (χ0) is 18.2. The van der Waals surface area contributed by atoms with E-state index >= 15 is 0 Å². The van der Waals surface area contributed by atoms with Gasteiger partial charge < -0.3 is 19.3 Å². The van der Waals surface area contributed by atoms with Crippen molar-refractivity contribution in [2.45, 2.75) is 12.8 Å². The highest BCUT2D eigenvalue weighted by molar-refractivity contribution is 5.82. The number of nitrogens with zero attached hydrogens (tertiary/aromatic N) is 2. The van der Waals surface area contributed by atoms with Gasteiger partial charge in [-0.25, -0.2) is 4.39 Å². The van der Waals surface area contributed by atoms with Gasteiger partial charge in [-0.3, -0.25) is 14.4 Å². The Morgan fingerprint density at radius 1 is 0.960 bits per heavy atom. The minimum absolute atomic E-state index is 0.0555. The van der Waals surface area contributed by atoms with Gasteiger partial charge in [0.25, 0.3) is 5.91 Å². The van der Waals surface area contributed by atoms with Crippen molar-refractivity contribution in [2.24, 2.45) is 0 Å². The molecule has 136 valence electrons. The van der Waals surface area contributed by atoms with E-state index < -0.39 is 5.97 Å². The van der Waals surface area contributed by atoms with Gasteiger partial charge in [0.05, 0.1) is 13.5 Å². The first kappa shape index (κ1) is 18.7. The maximum Gasteiger partial charge on any atom is 0.306 e. The lowest BCUT2D eigenvalue weighted by Crippen LogP contribution is -2.51. The molecule has 0 unspecified atom stereocenters. The average molecular weight is 352 g/mol. The Kier molecular flexibility index (Phi) is 6.73. The topological polar surface area (TPSA) is 76.2 Å². The molecule has 0 saturated carbocycles. The van der Waals surface area contributed by atoms with Crippen molar-refractivity contribution in [3.63, 3.8) is 0 Å². The fourth-order valence-corrected chi connectivity index (χ4v) is 2.44. The van der Waals surface area contributed by atoms with E-state index in [1.54, 1.807) is 9.80 Å². The van der Waals surface area contributed by atoms with Crippen molar-refractivity contribution >= 4 is 17.8 Å². The summed E-state index contributed by atoms with van der Waals surface area (Å²) in [5, 5.41) is 0. The van der Waals surface area contributed by atoms with Gasteiger partial charge in [-0.1, -0.05) is 0 Å². The lowest BCUT2D eigenvalue weighted by atomic mass is 10.2. The van der Waals surface area contributed by atoms with Gasteiger partial charge in [-0.05, 0) is 24.3 Å². The Morgan fingerprint density at radius 2 is 1.52 bits per heavy atom. The normalized spacial score (nSPS) is 14.2. The van der Waals surface area contributed by atoms with Crippen molar-refractivity contribution in [3.8, 4) is 5.75 Å². The van der Waals surface area contributed by atoms with E-state index in [1.807, 2.05) is 0 Å². The van der Waals surface area contributed by atoms with Gasteiger partial charge in [0.2, 0.25) is 5.91 Å². The molecule has 0 aliphatic carbocycles. The quantitative estimate of drug-likeness (QED) is 0.709. The zero-order valence-corrected chi connectivity index (χ0v) is 14.1. The Hall–Kier alpha value is -2.64. The SMILES string of the molecule is COC(=O)CCC(=O)N1CCN(C(=O)COc2ccc(F)cc2)CC1. The molecule has 7 nitrogen and oxygen atoms in total. The molecule has 0 aromatic heterocycles. The molecule has 1 saturated heterocycles. The molecular formula is C17H21FN2O5. The summed E-state index contributed by atoms with van der Waals surface area (Å²) in [4.78, 5) is 38.4. The molecule has 0 spiro atoms. The molecule has 1 aliphatic rings. The highest BCUT2D eigenvalue weighted by Crippen LogP contribution is 2.12. The number of carbonyl (C=O) groups excluding carboxylic acids is 3. The maximum atomic E-state index is 12.8. The summed E-state index contributed by atoms with van der Waals surface area (Å²) in [6.45, 7) is 1.53. The molecule has 0 bridgehead atoms. The van der Waals surface area contributed by atoms with Crippen molar-refractivity contribution < 1.29 is 28.2 Å². The number of amides is 2. The monoisotopic (exact) mass is 352 g/mol. The summed E-state index contributed by atoms with van der Waals surface area (Å²) in [5.41, 5.74) is 0. The molecule has 2 rings (SSSR count). The number of hydrogen-bond donors (Lipinski definition) is 0. The summed E-state index contributed by atoms with van der Waals surface area (Å²) in [5.74, 6) is -0.677. The Bertz CT molecular complexity index is 612. The Balaban J connectivity index is 1.71. The molecule has 0 atom stereocenters. The predicted molar refractivity (Wildman–Crippen MR) is 86.3 cm³/mol. The van der Waals surface area contributed by atoms with Crippen LogP contribution in [0.15, 0.2) is 24.3 Å². The van der Waals surface area contributed by atoms with Crippen molar-refractivity contribution in [1.82, 2.24) is 9.80 Å². The van der Waals surface area contributed by atoms with Crippen LogP contribution in [0.3, 0.4) is 0 Å². The van der Waals surface area contributed by atoms with E-state index in [2.05, 4.69) is 4.74 Å². The summed E-state index contributed by atoms with van der Waals surface area (Å²) >= 11 is 0. The van der Waals surface area contributed by atoms with Crippen molar-refractivity contribution in [2.75, 3.05) is 39.9 Å². The first-order valence-electron chi connectivity index (χ1n) is 8.00. The summed E-state index contributed by atoms with van der Waals surface area (Å²) in [6.07, 6.45) is 0.161. The summed E-state index contributed by atoms with van der Waals surface area (Å²) in [7, 11) is 1.28. The number of hydrogen-bond acceptors (Lipinski definition) is 5. The van der Waals surface area contributed by atoms with Crippen LogP contribution in [0.2, 0.25) is 0 Å². The molecule has 1 fully saturated rings. The molecule has 8 heteroatoms. The molecule has 1 heterocycles. The first-order valence-corrected chi connectivity index (χ1v) is 8.00. The summed E-state index contributed by atoms with van der Waals surface area (Å²) in [6, 6.07) is 5.44. The van der Waals surface area contributed by atoms with Gasteiger partial charge in [0, 0.05) is 32.6 Å². The largest absolute Gasteiger partial charge is 0.484 e. The van der Waals surface area contributed by atoms with Crippen LogP contribution in [0, 0.1) is 5.82 Å². The molecule has 0 radical (unpaired) electrons. The number of carbonyl (C=O) groups is 3. The van der Waals surface area contributed by atoms with E-state index in [0.29, 0.717) is 31.9 Å². The predicted octanol–water partition coefficient (Wildman–Crippen LogP) is 0.828. The minimum atomic E-state index is -0.417. The second-order valence-corrected chi connectivity index (χ2v) is 5.58. The van der Waals surface area contributed by atoms with Crippen LogP contribution in [0.5, 0.6) is 5.75 Å². The van der Waals surface area contributed by atoms with E-state index in [9.17, 15) is 18.8 Å². The molecule has 25 heavy (non-hydrogen) atoms. The molecule has 1 aromatic carbocycles. The van der Waals surface area contributed by atoms with E-state index in [-0.39, 0.29) is 37.1 Å². The van der Waals surface area contributed by atoms with Gasteiger partial charge in [-0.15, -0.1) is 0 Å². The zero-order valence-electron chi connectivity index (χ0n) is 14.1. The van der Waals surface area contributed by atoms with E-state index in [4.69, 9.17) is 4.74 Å². The maximum absolute atomic E-state index is 12.8. The van der Waals surface area contributed by atoms with Crippen LogP contribution in [-0.2, 0) is 19.1 Å². The van der Waals surface area contributed by atoms with Crippen LogP contribution < -0.4 is 4.74 Å². The Morgan fingerprint density at radius 3 is 2.08 bits per heavy atom. The Labute approximate surface area is 145 Å². The fourth-order valence-electron chi connectivity index (χ4n) is 2.44. The number of esters is 1. The lowest BCUT2D eigenvalue weighted by Gasteiger charge is -2.34. The second-order valence-electron chi connectivity index (χ2n) is 5.58.